The Balaban J connectivity index is 2.30. The second-order valence-corrected chi connectivity index (χ2v) is 4.75. The third-order valence-corrected chi connectivity index (χ3v) is 3.21. The van der Waals surface area contributed by atoms with Gasteiger partial charge in [0.05, 0.1) is 17.6 Å². The number of methoxy groups -OCH3 is 1. The molecule has 0 aliphatic carbocycles. The molecule has 0 radical (unpaired) electrons. The van der Waals surface area contributed by atoms with E-state index in [1.807, 2.05) is 0 Å². The van der Waals surface area contributed by atoms with Crippen LogP contribution in [0.15, 0.2) is 48.5 Å². The number of anilines is 1. The molecule has 0 amide bonds. The number of carbonyl (C=O) groups excluding carboxylic acids is 2. The summed E-state index contributed by atoms with van der Waals surface area (Å²) in [6.07, 6.45) is -1.28. The Hall–Kier alpha value is -3.42. The minimum Gasteiger partial charge on any atom is -0.466 e. The summed E-state index contributed by atoms with van der Waals surface area (Å²) in [5.74, 6) is -1.67. The van der Waals surface area contributed by atoms with Crippen molar-refractivity contribution < 1.29 is 24.0 Å². The first-order valence-corrected chi connectivity index (χ1v) is 6.81. The van der Waals surface area contributed by atoms with Gasteiger partial charge in [-0.15, -0.1) is 0 Å². The molecule has 8 heteroatoms. The number of ether oxygens (including phenoxy) is 2. The van der Waals surface area contributed by atoms with Gasteiger partial charge in [-0.1, -0.05) is 30.3 Å². The lowest BCUT2D eigenvalue weighted by atomic mass is 10.1. The first-order chi connectivity index (χ1) is 11.4. The number of rotatable bonds is 5. The van der Waals surface area contributed by atoms with Crippen LogP contribution in [0.1, 0.15) is 22.0 Å². The van der Waals surface area contributed by atoms with Gasteiger partial charge >= 0.3 is 11.9 Å². The standard InChI is InChI=1S/C16H14N2O6/c1-23-16(20)14(10-5-3-2-4-6-10)24-15(19)11-7-8-12(17)13(9-11)18(21)22/h2-9,14H,17H2,1H3. The van der Waals surface area contributed by atoms with Crippen LogP contribution in [-0.2, 0) is 14.3 Å². The van der Waals surface area contributed by atoms with Gasteiger partial charge in [0.15, 0.2) is 0 Å². The maximum atomic E-state index is 12.2. The molecule has 24 heavy (non-hydrogen) atoms. The van der Waals surface area contributed by atoms with Crippen molar-refractivity contribution in [2.45, 2.75) is 6.10 Å². The summed E-state index contributed by atoms with van der Waals surface area (Å²) >= 11 is 0. The number of nitrogens with zero attached hydrogens (tertiary/aromatic N) is 1. The Morgan fingerprint density at radius 3 is 2.42 bits per heavy atom. The third-order valence-electron chi connectivity index (χ3n) is 3.21. The molecule has 0 aromatic heterocycles. The van der Waals surface area contributed by atoms with Crippen LogP contribution in [0.2, 0.25) is 0 Å². The zero-order valence-electron chi connectivity index (χ0n) is 12.7. The Kier molecular flexibility index (Phi) is 5.10. The molecule has 0 fully saturated rings. The lowest BCUT2D eigenvalue weighted by Gasteiger charge is -2.16. The van der Waals surface area contributed by atoms with Crippen LogP contribution in [-0.4, -0.2) is 24.0 Å². The molecule has 2 rings (SSSR count). The van der Waals surface area contributed by atoms with Crippen molar-refractivity contribution in [1.29, 1.82) is 0 Å². The fourth-order valence-electron chi connectivity index (χ4n) is 1.99. The van der Waals surface area contributed by atoms with Crippen molar-refractivity contribution in [2.75, 3.05) is 12.8 Å². The van der Waals surface area contributed by atoms with Crippen LogP contribution in [0.5, 0.6) is 0 Å². The minimum atomic E-state index is -1.28. The largest absolute Gasteiger partial charge is 0.466 e. The maximum Gasteiger partial charge on any atom is 0.351 e. The van der Waals surface area contributed by atoms with Crippen LogP contribution in [0.3, 0.4) is 0 Å². The highest BCUT2D eigenvalue weighted by molar-refractivity contribution is 5.93. The SMILES string of the molecule is COC(=O)C(OC(=O)c1ccc(N)c([N+](=O)[O-])c1)c1ccccc1. The van der Waals surface area contributed by atoms with E-state index in [-0.39, 0.29) is 11.3 Å². The summed E-state index contributed by atoms with van der Waals surface area (Å²) in [7, 11) is 1.17. The zero-order chi connectivity index (χ0) is 17.7. The number of nitrogens with two attached hydrogens (primary N) is 1. The van der Waals surface area contributed by atoms with Crippen molar-refractivity contribution in [2.24, 2.45) is 0 Å². The first kappa shape index (κ1) is 16.9. The molecular weight excluding hydrogens is 316 g/mol. The normalized spacial score (nSPS) is 11.4. The number of nitro groups is 1. The molecule has 8 nitrogen and oxygen atoms in total. The van der Waals surface area contributed by atoms with Gasteiger partial charge in [0.1, 0.15) is 5.69 Å². The zero-order valence-corrected chi connectivity index (χ0v) is 12.7. The van der Waals surface area contributed by atoms with Crippen molar-refractivity contribution >= 4 is 23.3 Å². The first-order valence-electron chi connectivity index (χ1n) is 6.81. The number of benzene rings is 2. The molecule has 0 aliphatic rings. The van der Waals surface area contributed by atoms with E-state index in [1.54, 1.807) is 30.3 Å². The van der Waals surface area contributed by atoms with E-state index in [4.69, 9.17) is 10.5 Å². The molecule has 0 bridgehead atoms. The van der Waals surface area contributed by atoms with Crippen LogP contribution in [0.4, 0.5) is 11.4 Å². The summed E-state index contributed by atoms with van der Waals surface area (Å²) < 4.78 is 9.81. The molecule has 2 aromatic carbocycles. The van der Waals surface area contributed by atoms with Gasteiger partial charge in [-0.25, -0.2) is 9.59 Å². The van der Waals surface area contributed by atoms with Crippen LogP contribution < -0.4 is 5.73 Å². The Labute approximate surface area is 136 Å². The lowest BCUT2D eigenvalue weighted by molar-refractivity contribution is -0.383. The topological polar surface area (TPSA) is 122 Å². The molecule has 0 spiro atoms. The molecule has 0 aliphatic heterocycles. The molecule has 2 aromatic rings. The van der Waals surface area contributed by atoms with E-state index >= 15 is 0 Å². The number of esters is 2. The number of carbonyl (C=O) groups is 2. The summed E-state index contributed by atoms with van der Waals surface area (Å²) in [6.45, 7) is 0. The molecule has 1 atom stereocenters. The summed E-state index contributed by atoms with van der Waals surface area (Å²) in [5.41, 5.74) is 5.31. The predicted molar refractivity (Wildman–Crippen MR) is 84.1 cm³/mol. The van der Waals surface area contributed by atoms with Gasteiger partial charge < -0.3 is 15.2 Å². The highest BCUT2D eigenvalue weighted by atomic mass is 16.6. The molecule has 1 unspecified atom stereocenters. The molecular formula is C16H14N2O6. The highest BCUT2D eigenvalue weighted by Crippen LogP contribution is 2.25. The van der Waals surface area contributed by atoms with Crippen LogP contribution in [0.25, 0.3) is 0 Å². The van der Waals surface area contributed by atoms with Gasteiger partial charge in [-0.3, -0.25) is 10.1 Å². The van der Waals surface area contributed by atoms with E-state index < -0.39 is 28.7 Å². The van der Waals surface area contributed by atoms with Gasteiger partial charge in [0.25, 0.3) is 5.69 Å². The van der Waals surface area contributed by atoms with E-state index in [9.17, 15) is 19.7 Å². The molecule has 124 valence electrons. The average molecular weight is 330 g/mol. The van der Waals surface area contributed by atoms with E-state index in [1.165, 1.54) is 19.2 Å². The lowest BCUT2D eigenvalue weighted by Crippen LogP contribution is -2.21. The van der Waals surface area contributed by atoms with Crippen molar-refractivity contribution in [3.63, 3.8) is 0 Å². The van der Waals surface area contributed by atoms with E-state index in [0.29, 0.717) is 5.56 Å². The fourth-order valence-corrected chi connectivity index (χ4v) is 1.99. The predicted octanol–water partition coefficient (Wildman–Crippen LogP) is 2.25. The highest BCUT2D eigenvalue weighted by Gasteiger charge is 2.27. The summed E-state index contributed by atoms with van der Waals surface area (Å²) in [5, 5.41) is 10.9. The number of nitro benzene ring substituents is 1. The monoisotopic (exact) mass is 330 g/mol. The van der Waals surface area contributed by atoms with Crippen molar-refractivity contribution in [3.05, 3.63) is 69.8 Å². The molecule has 0 saturated carbocycles. The number of nitrogen functional groups attached to an aromatic ring is 1. The smallest absolute Gasteiger partial charge is 0.351 e. The minimum absolute atomic E-state index is 0.0795. The molecule has 2 N–H and O–H groups in total. The third kappa shape index (κ3) is 3.67. The van der Waals surface area contributed by atoms with Gasteiger partial charge in [0, 0.05) is 11.6 Å². The molecule has 0 heterocycles. The van der Waals surface area contributed by atoms with E-state index in [2.05, 4.69) is 4.74 Å². The average Bonchev–Trinajstić information content (AvgIpc) is 2.59. The Bertz CT molecular complexity index is 775. The number of hydrogen-bond donors (Lipinski definition) is 1. The second kappa shape index (κ2) is 7.23. The summed E-state index contributed by atoms with van der Waals surface area (Å²) in [6, 6.07) is 11.8. The van der Waals surface area contributed by atoms with Gasteiger partial charge in [0.2, 0.25) is 6.10 Å². The van der Waals surface area contributed by atoms with Gasteiger partial charge in [-0.2, -0.15) is 0 Å². The van der Waals surface area contributed by atoms with Crippen molar-refractivity contribution in [3.8, 4) is 0 Å². The van der Waals surface area contributed by atoms with Crippen LogP contribution >= 0.6 is 0 Å². The molecule has 0 saturated heterocycles. The second-order valence-electron chi connectivity index (χ2n) is 4.75. The van der Waals surface area contributed by atoms with E-state index in [0.717, 1.165) is 6.07 Å². The van der Waals surface area contributed by atoms with Crippen molar-refractivity contribution in [1.82, 2.24) is 0 Å². The fraction of sp³-hybridized carbons (Fsp3) is 0.125. The Morgan fingerprint density at radius 1 is 1.17 bits per heavy atom. The summed E-state index contributed by atoms with van der Waals surface area (Å²) in [4.78, 5) is 34.3. The quantitative estimate of drug-likeness (QED) is 0.386. The number of hydrogen-bond acceptors (Lipinski definition) is 7. The van der Waals surface area contributed by atoms with Gasteiger partial charge in [-0.05, 0) is 12.1 Å². The maximum absolute atomic E-state index is 12.2. The van der Waals surface area contributed by atoms with Crippen LogP contribution in [0, 0.1) is 10.1 Å². The Morgan fingerprint density at radius 2 is 1.83 bits per heavy atom.